The highest BCUT2D eigenvalue weighted by atomic mass is 32.1. The highest BCUT2D eigenvalue weighted by Crippen LogP contribution is 2.47. The standard InChI is InChI=1S/C42H33N3OS2/c1-42(2,3)29-16-18-43-35(22-29)41-33-24-38-27(17-19-47-38)20-28(33)21-39-34(41)25-40(48-39)46-32-13-9-12-31(23-32)45-26-44(30-10-5-4-6-11-30)36-14-7-8-15-37(36)45/h4-25H,26H2,1-3H3. The van der Waals surface area contributed by atoms with Crippen molar-refractivity contribution in [2.75, 3.05) is 16.5 Å². The van der Waals surface area contributed by atoms with E-state index in [0.717, 1.165) is 28.9 Å². The molecule has 9 rings (SSSR count). The zero-order valence-corrected chi connectivity index (χ0v) is 28.6. The summed E-state index contributed by atoms with van der Waals surface area (Å²) < 4.78 is 9.15. The number of rotatable bonds is 5. The van der Waals surface area contributed by atoms with Crippen LogP contribution in [0.15, 0.2) is 133 Å². The number of benzene rings is 5. The van der Waals surface area contributed by atoms with Gasteiger partial charge in [-0.2, -0.15) is 0 Å². The Hall–Kier alpha value is -5.17. The fourth-order valence-corrected chi connectivity index (χ4v) is 8.59. The van der Waals surface area contributed by atoms with E-state index in [2.05, 4.69) is 151 Å². The Balaban J connectivity index is 1.12. The predicted octanol–water partition coefficient (Wildman–Crippen LogP) is 12.7. The molecular weight excluding hydrogens is 627 g/mol. The van der Waals surface area contributed by atoms with Gasteiger partial charge in [0.1, 0.15) is 12.4 Å². The van der Waals surface area contributed by atoms with Crippen LogP contribution >= 0.6 is 22.7 Å². The Morgan fingerprint density at radius 1 is 0.667 bits per heavy atom. The highest BCUT2D eigenvalue weighted by molar-refractivity contribution is 7.21. The molecule has 0 amide bonds. The first-order chi connectivity index (χ1) is 23.4. The molecule has 0 bridgehead atoms. The van der Waals surface area contributed by atoms with Crippen LogP contribution in [0.2, 0.25) is 0 Å². The molecule has 5 aromatic carbocycles. The molecule has 0 radical (unpaired) electrons. The Labute approximate surface area is 288 Å². The summed E-state index contributed by atoms with van der Waals surface area (Å²) in [7, 11) is 0. The monoisotopic (exact) mass is 659 g/mol. The van der Waals surface area contributed by atoms with Crippen molar-refractivity contribution >= 4 is 76.4 Å². The molecule has 1 aliphatic rings. The number of anilines is 4. The van der Waals surface area contributed by atoms with E-state index < -0.39 is 0 Å². The second-order valence-corrected chi connectivity index (χ2v) is 15.4. The van der Waals surface area contributed by atoms with E-state index in [4.69, 9.17) is 9.72 Å². The summed E-state index contributed by atoms with van der Waals surface area (Å²) in [5.74, 6) is 0.814. The van der Waals surface area contributed by atoms with Crippen LogP contribution in [-0.4, -0.2) is 11.7 Å². The molecule has 3 aromatic heterocycles. The van der Waals surface area contributed by atoms with Crippen molar-refractivity contribution in [3.8, 4) is 22.1 Å². The van der Waals surface area contributed by atoms with Gasteiger partial charge in [0, 0.05) is 50.1 Å². The lowest BCUT2D eigenvalue weighted by atomic mass is 9.86. The number of nitrogens with zero attached hydrogens (tertiary/aromatic N) is 3. The van der Waals surface area contributed by atoms with Gasteiger partial charge in [0.2, 0.25) is 0 Å². The third kappa shape index (κ3) is 5.00. The van der Waals surface area contributed by atoms with Gasteiger partial charge in [-0.15, -0.1) is 11.3 Å². The molecule has 0 aliphatic carbocycles. The van der Waals surface area contributed by atoms with E-state index in [-0.39, 0.29) is 5.41 Å². The molecule has 0 unspecified atom stereocenters. The first-order valence-corrected chi connectivity index (χ1v) is 17.9. The number of pyridine rings is 1. The van der Waals surface area contributed by atoms with Crippen molar-refractivity contribution in [3.63, 3.8) is 0 Å². The Kier molecular flexibility index (Phi) is 6.78. The molecule has 0 saturated heterocycles. The summed E-state index contributed by atoms with van der Waals surface area (Å²) in [4.78, 5) is 9.65. The molecule has 6 heteroatoms. The minimum atomic E-state index is 0.0182. The fraction of sp³-hybridized carbons (Fsp3) is 0.119. The zero-order valence-electron chi connectivity index (χ0n) is 27.0. The van der Waals surface area contributed by atoms with E-state index in [1.54, 1.807) is 22.7 Å². The van der Waals surface area contributed by atoms with Gasteiger partial charge in [0.15, 0.2) is 5.06 Å². The van der Waals surface area contributed by atoms with Crippen LogP contribution in [0.1, 0.15) is 26.3 Å². The predicted molar refractivity (Wildman–Crippen MR) is 205 cm³/mol. The summed E-state index contributed by atoms with van der Waals surface area (Å²) in [5, 5.41) is 7.91. The summed E-state index contributed by atoms with van der Waals surface area (Å²) in [6.07, 6.45) is 1.95. The molecule has 4 nitrogen and oxygen atoms in total. The van der Waals surface area contributed by atoms with Crippen LogP contribution in [0.3, 0.4) is 0 Å². The van der Waals surface area contributed by atoms with Crippen molar-refractivity contribution in [3.05, 3.63) is 138 Å². The second-order valence-electron chi connectivity index (χ2n) is 13.4. The first kappa shape index (κ1) is 29.0. The number of hydrogen-bond acceptors (Lipinski definition) is 6. The molecule has 8 aromatic rings. The van der Waals surface area contributed by atoms with Crippen LogP contribution in [0.4, 0.5) is 22.7 Å². The molecular formula is C42H33N3OS2. The number of fused-ring (bicyclic) bond motifs is 4. The Morgan fingerprint density at radius 3 is 2.25 bits per heavy atom. The van der Waals surface area contributed by atoms with Gasteiger partial charge < -0.3 is 14.5 Å². The maximum absolute atomic E-state index is 6.68. The van der Waals surface area contributed by atoms with E-state index >= 15 is 0 Å². The lowest BCUT2D eigenvalue weighted by molar-refractivity contribution is 0.497. The Morgan fingerprint density at radius 2 is 1.44 bits per heavy atom. The van der Waals surface area contributed by atoms with E-state index in [9.17, 15) is 0 Å². The number of thiophene rings is 2. The molecule has 1 aliphatic heterocycles. The quantitative estimate of drug-likeness (QED) is 0.184. The van der Waals surface area contributed by atoms with Crippen LogP contribution in [0, 0.1) is 0 Å². The molecule has 234 valence electrons. The van der Waals surface area contributed by atoms with Crippen molar-refractivity contribution < 1.29 is 4.74 Å². The number of aromatic nitrogens is 1. The fourth-order valence-electron chi connectivity index (χ4n) is 6.79. The first-order valence-electron chi connectivity index (χ1n) is 16.2. The van der Waals surface area contributed by atoms with Gasteiger partial charge in [-0.3, -0.25) is 4.98 Å². The summed E-state index contributed by atoms with van der Waals surface area (Å²) >= 11 is 3.47. The zero-order chi connectivity index (χ0) is 32.4. The lowest BCUT2D eigenvalue weighted by Gasteiger charge is -2.22. The van der Waals surface area contributed by atoms with Crippen molar-refractivity contribution in [2.24, 2.45) is 0 Å². The number of para-hydroxylation sites is 3. The summed E-state index contributed by atoms with van der Waals surface area (Å²) in [5.41, 5.74) is 8.10. The van der Waals surface area contributed by atoms with E-state index in [1.807, 2.05) is 12.3 Å². The number of hydrogen-bond donors (Lipinski definition) is 0. The SMILES string of the molecule is CC(C)(C)c1ccnc(-c2c3cc4sccc4cc3cc3sc(Oc4cccc(N5CN(c6ccccc6)c6ccccc65)c4)cc23)c1. The van der Waals surface area contributed by atoms with Crippen LogP contribution < -0.4 is 14.5 Å². The van der Waals surface area contributed by atoms with Crippen LogP contribution in [-0.2, 0) is 5.41 Å². The van der Waals surface area contributed by atoms with Gasteiger partial charge in [-0.05, 0) is 105 Å². The lowest BCUT2D eigenvalue weighted by Crippen LogP contribution is -2.23. The molecule has 0 N–H and O–H groups in total. The average molecular weight is 660 g/mol. The number of ether oxygens (including phenoxy) is 1. The van der Waals surface area contributed by atoms with Gasteiger partial charge >= 0.3 is 0 Å². The van der Waals surface area contributed by atoms with E-state index in [1.165, 1.54) is 59.1 Å². The van der Waals surface area contributed by atoms with E-state index in [0.29, 0.717) is 0 Å². The van der Waals surface area contributed by atoms with Crippen LogP contribution in [0.5, 0.6) is 10.8 Å². The highest BCUT2D eigenvalue weighted by Gasteiger charge is 2.28. The topological polar surface area (TPSA) is 28.6 Å². The Bertz CT molecular complexity index is 2470. The molecule has 0 spiro atoms. The van der Waals surface area contributed by atoms with Gasteiger partial charge in [-0.25, -0.2) is 0 Å². The maximum Gasteiger partial charge on any atom is 0.182 e. The second kappa shape index (κ2) is 11.2. The molecule has 0 saturated carbocycles. The minimum absolute atomic E-state index is 0.0182. The third-order valence-electron chi connectivity index (χ3n) is 9.23. The third-order valence-corrected chi connectivity index (χ3v) is 11.1. The average Bonchev–Trinajstić information content (AvgIpc) is 3.83. The summed E-state index contributed by atoms with van der Waals surface area (Å²) in [6, 6.07) is 43.4. The van der Waals surface area contributed by atoms with Gasteiger partial charge in [0.25, 0.3) is 0 Å². The molecule has 4 heterocycles. The van der Waals surface area contributed by atoms with Gasteiger partial charge in [-0.1, -0.05) is 68.5 Å². The molecule has 0 atom stereocenters. The van der Waals surface area contributed by atoms with Crippen molar-refractivity contribution in [2.45, 2.75) is 26.2 Å². The largest absolute Gasteiger partial charge is 0.447 e. The molecule has 48 heavy (non-hydrogen) atoms. The molecule has 0 fully saturated rings. The minimum Gasteiger partial charge on any atom is -0.447 e. The normalized spacial score (nSPS) is 13.1. The smallest absolute Gasteiger partial charge is 0.182 e. The maximum atomic E-state index is 6.68. The summed E-state index contributed by atoms with van der Waals surface area (Å²) in [6.45, 7) is 7.49. The van der Waals surface area contributed by atoms with Crippen molar-refractivity contribution in [1.82, 2.24) is 4.98 Å². The van der Waals surface area contributed by atoms with Crippen LogP contribution in [0.25, 0.3) is 42.2 Å². The van der Waals surface area contributed by atoms with Crippen molar-refractivity contribution in [1.29, 1.82) is 0 Å². The van der Waals surface area contributed by atoms with Gasteiger partial charge in [0.05, 0.1) is 17.1 Å².